The highest BCUT2D eigenvalue weighted by Gasteiger charge is 2.76. The number of carbonyl (C=O) groups excluding carboxylic acids is 3. The van der Waals surface area contributed by atoms with Crippen molar-refractivity contribution in [1.29, 1.82) is 0 Å². The minimum Gasteiger partial charge on any atom is -0.465 e. The predicted molar refractivity (Wildman–Crippen MR) is 142 cm³/mol. The van der Waals surface area contributed by atoms with Gasteiger partial charge < -0.3 is 24.4 Å². The van der Waals surface area contributed by atoms with Crippen LogP contribution in [-0.2, 0) is 23.9 Å². The van der Waals surface area contributed by atoms with Gasteiger partial charge in [-0.05, 0) is 37.3 Å². The summed E-state index contributed by atoms with van der Waals surface area (Å²) < 4.78 is 12.6. The van der Waals surface area contributed by atoms with Crippen LogP contribution < -0.4 is 4.90 Å². The van der Waals surface area contributed by atoms with E-state index in [2.05, 4.69) is 0 Å². The number of hydrogen-bond donors (Lipinski definition) is 1. The van der Waals surface area contributed by atoms with Crippen molar-refractivity contribution in [2.45, 2.75) is 63.3 Å². The molecule has 2 saturated heterocycles. The number of likely N-dealkylation sites (tertiary alicyclic amines) is 1. The fourth-order valence-electron chi connectivity index (χ4n) is 6.68. The van der Waals surface area contributed by atoms with Gasteiger partial charge in [0, 0.05) is 6.54 Å². The maximum absolute atomic E-state index is 14.5. The summed E-state index contributed by atoms with van der Waals surface area (Å²) >= 11 is 6.51. The number of amides is 2. The first-order valence-corrected chi connectivity index (χ1v) is 13.8. The van der Waals surface area contributed by atoms with Crippen molar-refractivity contribution in [2.24, 2.45) is 17.8 Å². The molecule has 0 aliphatic carbocycles. The normalized spacial score (nSPS) is 34.6. The first-order chi connectivity index (χ1) is 18.2. The lowest BCUT2D eigenvalue weighted by atomic mass is 9.73. The Labute approximate surface area is 228 Å². The molecule has 1 spiro atoms. The van der Waals surface area contributed by atoms with E-state index < -0.39 is 41.1 Å². The number of aliphatic hydroxyl groups excluding tert-OH is 1. The Bertz CT molecular complexity index is 1180. The molecule has 0 bridgehead atoms. The molecule has 2 fully saturated rings. The third-order valence-electron chi connectivity index (χ3n) is 8.53. The molecule has 5 rings (SSSR count). The van der Waals surface area contributed by atoms with E-state index in [9.17, 15) is 19.5 Å². The summed E-state index contributed by atoms with van der Waals surface area (Å²) in [6.07, 6.45) is 9.30. The number of fused-ring (bicyclic) bond motifs is 2. The van der Waals surface area contributed by atoms with Gasteiger partial charge in [0.1, 0.15) is 23.2 Å². The molecule has 1 N–H and O–H groups in total. The average molecular weight is 543 g/mol. The van der Waals surface area contributed by atoms with E-state index in [0.717, 1.165) is 0 Å². The Morgan fingerprint density at radius 1 is 1.11 bits per heavy atom. The first kappa shape index (κ1) is 26.9. The number of benzene rings is 1. The average Bonchev–Trinajstić information content (AvgIpc) is 3.27. The van der Waals surface area contributed by atoms with Crippen LogP contribution in [0.4, 0.5) is 5.69 Å². The molecule has 1 aromatic rings. The number of nitrogens with zero attached hydrogens (tertiary/aromatic N) is 2. The summed E-state index contributed by atoms with van der Waals surface area (Å²) in [5.74, 6) is -3.32. The largest absolute Gasteiger partial charge is 0.465 e. The molecule has 204 valence electrons. The fourth-order valence-corrected chi connectivity index (χ4v) is 6.92. The lowest BCUT2D eigenvalue weighted by Crippen LogP contribution is -2.60. The lowest BCUT2D eigenvalue weighted by molar-refractivity contribution is -0.161. The summed E-state index contributed by atoms with van der Waals surface area (Å²) in [4.78, 5) is 45.6. The highest BCUT2D eigenvalue weighted by atomic mass is 35.5. The zero-order chi connectivity index (χ0) is 27.2. The van der Waals surface area contributed by atoms with E-state index in [1.807, 2.05) is 39.0 Å². The molecule has 2 amide bonds. The second-order valence-electron chi connectivity index (χ2n) is 10.9. The van der Waals surface area contributed by atoms with E-state index in [-0.39, 0.29) is 37.5 Å². The number of carbonyl (C=O) groups is 3. The van der Waals surface area contributed by atoms with Gasteiger partial charge in [-0.25, -0.2) is 0 Å². The van der Waals surface area contributed by atoms with Crippen molar-refractivity contribution < 1.29 is 29.0 Å². The van der Waals surface area contributed by atoms with Gasteiger partial charge in [-0.1, -0.05) is 68.8 Å². The minimum atomic E-state index is -1.42. The zero-order valence-corrected chi connectivity index (χ0v) is 22.8. The molecule has 9 heteroatoms. The van der Waals surface area contributed by atoms with Gasteiger partial charge in [0.25, 0.3) is 5.91 Å². The maximum Gasteiger partial charge on any atom is 0.313 e. The number of esters is 1. The third kappa shape index (κ3) is 3.91. The Hall–Kier alpha value is -2.68. The number of allylic oxidation sites excluding steroid dienone is 1. The van der Waals surface area contributed by atoms with Crippen LogP contribution in [0.2, 0.25) is 5.02 Å². The molecule has 1 aromatic carbocycles. The Morgan fingerprint density at radius 3 is 2.55 bits per heavy atom. The molecule has 38 heavy (non-hydrogen) atoms. The predicted octanol–water partition coefficient (Wildman–Crippen LogP) is 3.51. The molecule has 0 radical (unpaired) electrons. The smallest absolute Gasteiger partial charge is 0.313 e. The number of ether oxygens (including phenoxy) is 2. The molecular formula is C29H35ClN2O6. The van der Waals surface area contributed by atoms with Crippen molar-refractivity contribution in [3.8, 4) is 0 Å². The molecule has 6 atom stereocenters. The highest BCUT2D eigenvalue weighted by Crippen LogP contribution is 2.59. The van der Waals surface area contributed by atoms with Gasteiger partial charge >= 0.3 is 5.97 Å². The molecule has 8 nitrogen and oxygen atoms in total. The molecule has 4 aliphatic heterocycles. The molecule has 0 saturated carbocycles. The van der Waals surface area contributed by atoms with Gasteiger partial charge in [-0.2, -0.15) is 0 Å². The number of para-hydroxylation sites is 1. The number of aliphatic hydroxyl groups is 1. The lowest BCUT2D eigenvalue weighted by Gasteiger charge is -2.41. The molecular weight excluding hydrogens is 508 g/mol. The van der Waals surface area contributed by atoms with Crippen molar-refractivity contribution in [2.75, 3.05) is 24.7 Å². The van der Waals surface area contributed by atoms with E-state index in [4.69, 9.17) is 21.1 Å². The van der Waals surface area contributed by atoms with Gasteiger partial charge in [0.15, 0.2) is 0 Å². The number of cyclic esters (lactones) is 1. The number of rotatable bonds is 5. The Balaban J connectivity index is 1.72. The van der Waals surface area contributed by atoms with E-state index >= 15 is 0 Å². The van der Waals surface area contributed by atoms with Crippen LogP contribution in [0, 0.1) is 17.8 Å². The summed E-state index contributed by atoms with van der Waals surface area (Å²) in [7, 11) is 0. The molecule has 4 aliphatic rings. The molecule has 1 unspecified atom stereocenters. The van der Waals surface area contributed by atoms with Crippen LogP contribution >= 0.6 is 11.6 Å². The van der Waals surface area contributed by atoms with Crippen LogP contribution in [0.3, 0.4) is 0 Å². The number of hydrogen-bond acceptors (Lipinski definition) is 6. The second kappa shape index (κ2) is 10.1. The monoisotopic (exact) mass is 542 g/mol. The summed E-state index contributed by atoms with van der Waals surface area (Å²) in [6.45, 7) is 5.84. The summed E-state index contributed by atoms with van der Waals surface area (Å²) in [5.41, 5.74) is -2.01. The van der Waals surface area contributed by atoms with Gasteiger partial charge in [-0.15, -0.1) is 0 Å². The summed E-state index contributed by atoms with van der Waals surface area (Å²) in [5, 5.41) is 10.8. The van der Waals surface area contributed by atoms with E-state index in [1.165, 1.54) is 4.90 Å². The third-order valence-corrected chi connectivity index (χ3v) is 8.85. The first-order valence-electron chi connectivity index (χ1n) is 13.4. The Morgan fingerprint density at radius 2 is 1.87 bits per heavy atom. The van der Waals surface area contributed by atoms with E-state index in [1.54, 1.807) is 35.2 Å². The standard InChI is InChI=1S/C29H35ClN2O6/c1-4-28-13-8-5-9-16-37-27(36)23(28)22-25(34)32(21(17-33)18(2)3)24-26(35)31(15-10-14-29(22,24)38-28)20-12-7-6-11-19(20)30/h6-8,10-14,18,21-24,33H,4-5,9,15-17H2,1-3H3/b13-8-/t21-,22-,23+,24?,28-,29-/m0/s1. The van der Waals surface area contributed by atoms with Gasteiger partial charge in [0.2, 0.25) is 5.91 Å². The van der Waals surface area contributed by atoms with Crippen LogP contribution in [0.25, 0.3) is 0 Å². The van der Waals surface area contributed by atoms with Crippen LogP contribution in [-0.4, -0.2) is 70.8 Å². The zero-order valence-electron chi connectivity index (χ0n) is 22.0. The number of anilines is 1. The molecule has 4 heterocycles. The van der Waals surface area contributed by atoms with Gasteiger partial charge in [-0.3, -0.25) is 14.4 Å². The highest BCUT2D eigenvalue weighted by molar-refractivity contribution is 6.34. The quantitative estimate of drug-likeness (QED) is 0.452. The van der Waals surface area contributed by atoms with Crippen molar-refractivity contribution >= 4 is 35.1 Å². The molecule has 0 aromatic heterocycles. The topological polar surface area (TPSA) is 96.4 Å². The Kier molecular flexibility index (Phi) is 7.18. The van der Waals surface area contributed by atoms with Crippen LogP contribution in [0.5, 0.6) is 0 Å². The van der Waals surface area contributed by atoms with Crippen molar-refractivity contribution in [3.05, 3.63) is 53.6 Å². The number of halogens is 1. The van der Waals surface area contributed by atoms with Crippen molar-refractivity contribution in [3.63, 3.8) is 0 Å². The SMILES string of the molecule is CC[C@]12/C=C\CCCOC(=O)[C@H]1[C@H]1C(=O)N([C@@H](CO)C(C)C)C3C(=O)N(c4ccccc4Cl)CC=C[C@@]31O2. The second-order valence-corrected chi connectivity index (χ2v) is 11.3. The van der Waals surface area contributed by atoms with E-state index in [0.29, 0.717) is 30.0 Å². The minimum absolute atomic E-state index is 0.156. The fraction of sp³-hybridized carbons (Fsp3) is 0.552. The van der Waals surface area contributed by atoms with Gasteiger partial charge in [0.05, 0.1) is 35.9 Å². The van der Waals surface area contributed by atoms with Crippen LogP contribution in [0.15, 0.2) is 48.6 Å². The maximum atomic E-state index is 14.5. The van der Waals surface area contributed by atoms with Crippen LogP contribution in [0.1, 0.15) is 40.0 Å². The van der Waals surface area contributed by atoms with Crippen molar-refractivity contribution in [1.82, 2.24) is 4.90 Å². The summed E-state index contributed by atoms with van der Waals surface area (Å²) in [6, 6.07) is 5.31.